The van der Waals surface area contributed by atoms with E-state index >= 15 is 0 Å². The minimum atomic E-state index is 0.681. The van der Waals surface area contributed by atoms with Gasteiger partial charge in [0.1, 0.15) is 0 Å². The van der Waals surface area contributed by atoms with Gasteiger partial charge in [0.05, 0.1) is 0 Å². The summed E-state index contributed by atoms with van der Waals surface area (Å²) < 4.78 is 0. The van der Waals surface area contributed by atoms with E-state index in [9.17, 15) is 0 Å². The van der Waals surface area contributed by atoms with Gasteiger partial charge >= 0.3 is 0 Å². The summed E-state index contributed by atoms with van der Waals surface area (Å²) in [6.07, 6.45) is 8.46. The zero-order valence-electron chi connectivity index (χ0n) is 6.84. The molecule has 0 aliphatic heterocycles. The summed E-state index contributed by atoms with van der Waals surface area (Å²) in [6.45, 7) is 2.24. The normalized spacial score (nSPS) is 24.6. The second-order valence-corrected chi connectivity index (χ2v) is 4.04. The predicted octanol–water partition coefficient (Wildman–Crippen LogP) is 3.28. The minimum absolute atomic E-state index is 0.681. The van der Waals surface area contributed by atoms with Crippen molar-refractivity contribution in [2.45, 2.75) is 50.7 Å². The molecule has 1 saturated carbocycles. The van der Waals surface area contributed by atoms with Crippen molar-refractivity contribution >= 4 is 12.6 Å². The molecule has 1 rings (SSSR count). The maximum Gasteiger partial charge on any atom is 0.00424 e. The van der Waals surface area contributed by atoms with Crippen molar-refractivity contribution in [3.8, 4) is 0 Å². The van der Waals surface area contributed by atoms with Crippen LogP contribution in [0.25, 0.3) is 0 Å². The van der Waals surface area contributed by atoms with Gasteiger partial charge in [0.15, 0.2) is 0 Å². The van der Waals surface area contributed by atoms with Gasteiger partial charge in [-0.05, 0) is 25.2 Å². The first kappa shape index (κ1) is 8.45. The van der Waals surface area contributed by atoms with E-state index in [0.29, 0.717) is 5.25 Å². The van der Waals surface area contributed by atoms with Gasteiger partial charge in [-0.2, -0.15) is 12.6 Å². The Labute approximate surface area is 69.8 Å². The highest BCUT2D eigenvalue weighted by molar-refractivity contribution is 7.81. The molecule has 1 atom stereocenters. The van der Waals surface area contributed by atoms with Crippen molar-refractivity contribution in [2.24, 2.45) is 5.92 Å². The fourth-order valence-corrected chi connectivity index (χ4v) is 2.15. The van der Waals surface area contributed by atoms with Crippen LogP contribution in [-0.2, 0) is 0 Å². The Balaban J connectivity index is 2.24. The van der Waals surface area contributed by atoms with Crippen LogP contribution >= 0.6 is 12.6 Å². The summed E-state index contributed by atoms with van der Waals surface area (Å²) in [6, 6.07) is 0. The quantitative estimate of drug-likeness (QED) is 0.586. The number of rotatable bonds is 2. The molecule has 1 aliphatic carbocycles. The lowest BCUT2D eigenvalue weighted by atomic mass is 9.86. The standard InChI is InChI=1S/C9H18S/c1-2-9(10)8-6-4-3-5-7-8/h8-10H,2-7H2,1H3. The summed E-state index contributed by atoms with van der Waals surface area (Å²) in [4.78, 5) is 0. The maximum atomic E-state index is 4.57. The van der Waals surface area contributed by atoms with Gasteiger partial charge in [0, 0.05) is 5.25 Å². The monoisotopic (exact) mass is 158 g/mol. The first-order valence-electron chi connectivity index (χ1n) is 4.52. The third-order valence-electron chi connectivity index (χ3n) is 2.61. The molecular formula is C9H18S. The van der Waals surface area contributed by atoms with Gasteiger partial charge in [0.25, 0.3) is 0 Å². The molecule has 1 heteroatoms. The minimum Gasteiger partial charge on any atom is -0.176 e. The molecule has 0 heterocycles. The maximum absolute atomic E-state index is 4.57. The van der Waals surface area contributed by atoms with Crippen LogP contribution in [0, 0.1) is 5.92 Å². The third kappa shape index (κ3) is 2.19. The Morgan fingerprint density at radius 3 is 2.40 bits per heavy atom. The van der Waals surface area contributed by atoms with Gasteiger partial charge < -0.3 is 0 Å². The molecule has 0 saturated heterocycles. The number of hydrogen-bond donors (Lipinski definition) is 1. The van der Waals surface area contributed by atoms with E-state index in [1.54, 1.807) is 0 Å². The van der Waals surface area contributed by atoms with Crippen molar-refractivity contribution in [1.29, 1.82) is 0 Å². The fraction of sp³-hybridized carbons (Fsp3) is 1.00. The van der Waals surface area contributed by atoms with Crippen LogP contribution in [0.3, 0.4) is 0 Å². The van der Waals surface area contributed by atoms with Crippen LogP contribution in [0.4, 0.5) is 0 Å². The van der Waals surface area contributed by atoms with E-state index in [-0.39, 0.29) is 0 Å². The van der Waals surface area contributed by atoms with Gasteiger partial charge in [-0.15, -0.1) is 0 Å². The largest absolute Gasteiger partial charge is 0.176 e. The molecule has 0 amide bonds. The van der Waals surface area contributed by atoms with Crippen LogP contribution in [-0.4, -0.2) is 5.25 Å². The Bertz CT molecular complexity index is 84.7. The lowest BCUT2D eigenvalue weighted by Gasteiger charge is -2.25. The van der Waals surface area contributed by atoms with Gasteiger partial charge in [-0.1, -0.05) is 26.2 Å². The van der Waals surface area contributed by atoms with Crippen molar-refractivity contribution in [1.82, 2.24) is 0 Å². The molecule has 0 aromatic carbocycles. The molecule has 0 spiro atoms. The van der Waals surface area contributed by atoms with Crippen molar-refractivity contribution < 1.29 is 0 Å². The molecule has 1 fully saturated rings. The van der Waals surface area contributed by atoms with Crippen LogP contribution < -0.4 is 0 Å². The topological polar surface area (TPSA) is 0 Å². The Morgan fingerprint density at radius 1 is 1.30 bits per heavy atom. The Hall–Kier alpha value is 0.350. The molecule has 0 nitrogen and oxygen atoms in total. The zero-order chi connectivity index (χ0) is 7.40. The Kier molecular flexibility index (Phi) is 3.61. The fourth-order valence-electron chi connectivity index (χ4n) is 1.85. The van der Waals surface area contributed by atoms with E-state index in [2.05, 4.69) is 19.6 Å². The summed E-state index contributed by atoms with van der Waals surface area (Å²) in [5, 5.41) is 0.681. The smallest absolute Gasteiger partial charge is 0.00424 e. The molecule has 0 aromatic heterocycles. The molecule has 60 valence electrons. The van der Waals surface area contributed by atoms with Crippen LogP contribution in [0.1, 0.15) is 45.4 Å². The van der Waals surface area contributed by atoms with E-state index in [1.807, 2.05) is 0 Å². The molecular weight excluding hydrogens is 140 g/mol. The number of thiol groups is 1. The van der Waals surface area contributed by atoms with E-state index in [0.717, 1.165) is 5.92 Å². The summed E-state index contributed by atoms with van der Waals surface area (Å²) in [7, 11) is 0. The number of hydrogen-bond acceptors (Lipinski definition) is 1. The van der Waals surface area contributed by atoms with Crippen LogP contribution in [0.15, 0.2) is 0 Å². The van der Waals surface area contributed by atoms with Crippen molar-refractivity contribution in [3.05, 3.63) is 0 Å². The third-order valence-corrected chi connectivity index (χ3v) is 3.40. The lowest BCUT2D eigenvalue weighted by molar-refractivity contribution is 0.346. The molecule has 0 radical (unpaired) electrons. The van der Waals surface area contributed by atoms with Crippen molar-refractivity contribution in [2.75, 3.05) is 0 Å². The average molecular weight is 158 g/mol. The average Bonchev–Trinajstić information content (AvgIpc) is 2.05. The molecule has 0 bridgehead atoms. The van der Waals surface area contributed by atoms with Crippen molar-refractivity contribution in [3.63, 3.8) is 0 Å². The van der Waals surface area contributed by atoms with Crippen LogP contribution in [0.2, 0.25) is 0 Å². The van der Waals surface area contributed by atoms with E-state index in [1.165, 1.54) is 38.5 Å². The highest BCUT2D eigenvalue weighted by atomic mass is 32.1. The second kappa shape index (κ2) is 4.27. The van der Waals surface area contributed by atoms with Gasteiger partial charge in [-0.25, -0.2) is 0 Å². The lowest BCUT2D eigenvalue weighted by Crippen LogP contribution is -2.17. The molecule has 1 unspecified atom stereocenters. The predicted molar refractivity (Wildman–Crippen MR) is 49.6 cm³/mol. The molecule has 10 heavy (non-hydrogen) atoms. The SMILES string of the molecule is CCC(S)C1CCCCC1. The van der Waals surface area contributed by atoms with E-state index in [4.69, 9.17) is 0 Å². The first-order valence-corrected chi connectivity index (χ1v) is 5.04. The first-order chi connectivity index (χ1) is 4.84. The van der Waals surface area contributed by atoms with E-state index < -0.39 is 0 Å². The highest BCUT2D eigenvalue weighted by Gasteiger charge is 2.18. The van der Waals surface area contributed by atoms with Gasteiger partial charge in [-0.3, -0.25) is 0 Å². The summed E-state index contributed by atoms with van der Waals surface area (Å²) >= 11 is 4.57. The molecule has 0 aromatic rings. The van der Waals surface area contributed by atoms with Gasteiger partial charge in [0.2, 0.25) is 0 Å². The Morgan fingerprint density at radius 2 is 1.90 bits per heavy atom. The second-order valence-electron chi connectivity index (χ2n) is 3.37. The summed E-state index contributed by atoms with van der Waals surface area (Å²) in [5.41, 5.74) is 0. The summed E-state index contributed by atoms with van der Waals surface area (Å²) in [5.74, 6) is 0.932. The molecule has 0 N–H and O–H groups in total. The highest BCUT2D eigenvalue weighted by Crippen LogP contribution is 2.30. The van der Waals surface area contributed by atoms with Crippen LogP contribution in [0.5, 0.6) is 0 Å². The molecule has 1 aliphatic rings. The zero-order valence-corrected chi connectivity index (χ0v) is 7.74.